The van der Waals surface area contributed by atoms with Gasteiger partial charge in [-0.2, -0.15) is 0 Å². The maximum Gasteiger partial charge on any atom is 0.269 e. The third-order valence-corrected chi connectivity index (χ3v) is 5.53. The van der Waals surface area contributed by atoms with Gasteiger partial charge >= 0.3 is 0 Å². The zero-order chi connectivity index (χ0) is 23.4. The molecule has 3 N–H and O–H groups in total. The summed E-state index contributed by atoms with van der Waals surface area (Å²) in [7, 11) is 3.10. The smallest absolute Gasteiger partial charge is 0.269 e. The Labute approximate surface area is 195 Å². The number of nitrogens with zero attached hydrogens (tertiary/aromatic N) is 2. The van der Waals surface area contributed by atoms with E-state index in [1.54, 1.807) is 37.0 Å². The van der Waals surface area contributed by atoms with E-state index < -0.39 is 0 Å². The maximum atomic E-state index is 12.7. The molecule has 168 valence electrons. The van der Waals surface area contributed by atoms with E-state index >= 15 is 0 Å². The van der Waals surface area contributed by atoms with Gasteiger partial charge in [-0.15, -0.1) is 0 Å². The third kappa shape index (κ3) is 4.63. The fourth-order valence-corrected chi connectivity index (χ4v) is 3.82. The van der Waals surface area contributed by atoms with Crippen molar-refractivity contribution in [3.63, 3.8) is 0 Å². The summed E-state index contributed by atoms with van der Waals surface area (Å²) in [6, 6.07) is 18.5. The molecule has 0 unspecified atom stereocenters. The number of pyridine rings is 1. The third-order valence-electron chi connectivity index (χ3n) is 5.21. The number of rotatable bonds is 7. The molecule has 4 aromatic rings. The van der Waals surface area contributed by atoms with E-state index in [9.17, 15) is 4.79 Å². The van der Waals surface area contributed by atoms with E-state index in [0.717, 1.165) is 11.3 Å². The molecule has 9 heteroatoms. The van der Waals surface area contributed by atoms with Crippen LogP contribution < -0.4 is 20.3 Å². The highest BCUT2D eigenvalue weighted by molar-refractivity contribution is 7.71. The van der Waals surface area contributed by atoms with Crippen molar-refractivity contribution in [2.24, 2.45) is 0 Å². The quantitative estimate of drug-likeness (QED) is 0.364. The molecular weight excluding hydrogens is 438 g/mol. The SMILES string of the molecule is COc1cc2[nH]c(=S)n(CCNC(=O)c3cccc(-c4ccccc4)n3)c(=N)c2cc1OC. The van der Waals surface area contributed by atoms with Crippen LogP contribution in [-0.2, 0) is 6.54 Å². The molecule has 0 aliphatic heterocycles. The standard InChI is InChI=1S/C24H23N5O3S/c1-31-20-13-16-19(14-21(20)32-2)28-24(33)29(22(16)25)12-11-26-23(30)18-10-6-9-17(27-18)15-7-4-3-5-8-15/h3-10,13-14,25H,11-12H2,1-2H3,(H,26,30)(H,28,33). The number of carbonyl (C=O) groups is 1. The van der Waals surface area contributed by atoms with Crippen LogP contribution in [0.15, 0.2) is 60.7 Å². The summed E-state index contributed by atoms with van der Waals surface area (Å²) in [5, 5.41) is 12.1. The second kappa shape index (κ2) is 9.66. The number of amides is 1. The minimum absolute atomic E-state index is 0.216. The lowest BCUT2D eigenvalue weighted by Crippen LogP contribution is -2.32. The zero-order valence-electron chi connectivity index (χ0n) is 18.2. The predicted octanol–water partition coefficient (Wildman–Crippen LogP) is 3.69. The molecule has 0 aliphatic rings. The van der Waals surface area contributed by atoms with Gasteiger partial charge in [0.1, 0.15) is 11.2 Å². The molecule has 2 aromatic heterocycles. The van der Waals surface area contributed by atoms with Crippen molar-refractivity contribution < 1.29 is 14.3 Å². The van der Waals surface area contributed by atoms with Crippen LogP contribution in [0.5, 0.6) is 11.5 Å². The lowest BCUT2D eigenvalue weighted by atomic mass is 10.1. The molecule has 2 heterocycles. The summed E-state index contributed by atoms with van der Waals surface area (Å²) in [5.41, 5.74) is 2.88. The first kappa shape index (κ1) is 22.2. The number of hydrogen-bond acceptors (Lipinski definition) is 6. The van der Waals surface area contributed by atoms with E-state index in [-0.39, 0.29) is 17.9 Å². The second-order valence-corrected chi connectivity index (χ2v) is 7.60. The van der Waals surface area contributed by atoms with Crippen LogP contribution in [0.2, 0.25) is 0 Å². The summed E-state index contributed by atoms with van der Waals surface area (Å²) < 4.78 is 12.7. The van der Waals surface area contributed by atoms with Crippen molar-refractivity contribution in [2.45, 2.75) is 6.54 Å². The van der Waals surface area contributed by atoms with Gasteiger partial charge in [0.15, 0.2) is 16.3 Å². The summed E-state index contributed by atoms with van der Waals surface area (Å²) >= 11 is 5.44. The molecule has 0 spiro atoms. The number of hydrogen-bond donors (Lipinski definition) is 3. The van der Waals surface area contributed by atoms with Gasteiger partial charge < -0.3 is 24.3 Å². The molecule has 0 radical (unpaired) electrons. The Morgan fingerprint density at radius 1 is 1.09 bits per heavy atom. The van der Waals surface area contributed by atoms with Gasteiger partial charge in [0.25, 0.3) is 5.91 Å². The molecule has 0 bridgehead atoms. The van der Waals surface area contributed by atoms with Gasteiger partial charge in [-0.25, -0.2) is 4.98 Å². The van der Waals surface area contributed by atoms with Crippen LogP contribution in [0.25, 0.3) is 22.2 Å². The Morgan fingerprint density at radius 3 is 2.55 bits per heavy atom. The highest BCUT2D eigenvalue weighted by Gasteiger charge is 2.12. The topological polar surface area (TPSA) is 105 Å². The summed E-state index contributed by atoms with van der Waals surface area (Å²) in [4.78, 5) is 20.3. The lowest BCUT2D eigenvalue weighted by molar-refractivity contribution is 0.0947. The number of H-pyrrole nitrogens is 1. The van der Waals surface area contributed by atoms with Crippen molar-refractivity contribution >= 4 is 29.0 Å². The number of benzene rings is 2. The monoisotopic (exact) mass is 461 g/mol. The number of aromatic amines is 1. The Kier molecular flexibility index (Phi) is 6.50. The molecule has 0 saturated carbocycles. The highest BCUT2D eigenvalue weighted by atomic mass is 32.1. The van der Waals surface area contributed by atoms with Crippen LogP contribution in [0, 0.1) is 10.2 Å². The van der Waals surface area contributed by atoms with Gasteiger partial charge in [0.05, 0.1) is 25.4 Å². The Balaban J connectivity index is 1.52. The molecular formula is C24H23N5O3S. The summed E-state index contributed by atoms with van der Waals surface area (Å²) in [6.45, 7) is 0.603. The number of aromatic nitrogens is 3. The van der Waals surface area contributed by atoms with Gasteiger partial charge in [-0.1, -0.05) is 36.4 Å². The molecule has 1 amide bonds. The highest BCUT2D eigenvalue weighted by Crippen LogP contribution is 2.29. The Hall–Kier alpha value is -3.98. The van der Waals surface area contributed by atoms with Crippen molar-refractivity contribution in [1.82, 2.24) is 19.9 Å². The average Bonchev–Trinajstić information content (AvgIpc) is 2.85. The lowest BCUT2D eigenvalue weighted by Gasteiger charge is -2.13. The van der Waals surface area contributed by atoms with E-state index in [1.165, 1.54) is 0 Å². The Morgan fingerprint density at radius 2 is 1.82 bits per heavy atom. The van der Waals surface area contributed by atoms with Gasteiger partial charge in [-0.05, 0) is 30.4 Å². The van der Waals surface area contributed by atoms with Gasteiger partial charge in [0, 0.05) is 30.1 Å². The van der Waals surface area contributed by atoms with Crippen molar-refractivity contribution in [2.75, 3.05) is 20.8 Å². The predicted molar refractivity (Wildman–Crippen MR) is 128 cm³/mol. The zero-order valence-corrected chi connectivity index (χ0v) is 19.0. The minimum Gasteiger partial charge on any atom is -0.493 e. The largest absolute Gasteiger partial charge is 0.493 e. The van der Waals surface area contributed by atoms with Crippen LogP contribution >= 0.6 is 12.2 Å². The number of methoxy groups -OCH3 is 2. The maximum absolute atomic E-state index is 12.7. The second-order valence-electron chi connectivity index (χ2n) is 7.21. The molecule has 4 rings (SSSR count). The number of fused-ring (bicyclic) bond motifs is 1. The van der Waals surface area contributed by atoms with Crippen LogP contribution in [0.4, 0.5) is 0 Å². The van der Waals surface area contributed by atoms with Crippen LogP contribution in [0.3, 0.4) is 0 Å². The molecule has 0 atom stereocenters. The molecule has 0 aliphatic carbocycles. The van der Waals surface area contributed by atoms with E-state index in [4.69, 9.17) is 27.1 Å². The van der Waals surface area contributed by atoms with Crippen molar-refractivity contribution in [3.8, 4) is 22.8 Å². The molecule has 8 nitrogen and oxygen atoms in total. The average molecular weight is 462 g/mol. The molecule has 33 heavy (non-hydrogen) atoms. The molecule has 0 saturated heterocycles. The first-order valence-corrected chi connectivity index (χ1v) is 10.7. The van der Waals surface area contributed by atoms with Crippen LogP contribution in [-0.4, -0.2) is 41.2 Å². The number of carbonyl (C=O) groups excluding carboxylic acids is 1. The molecule has 2 aromatic carbocycles. The first-order valence-electron chi connectivity index (χ1n) is 10.3. The van der Waals surface area contributed by atoms with Crippen molar-refractivity contribution in [3.05, 3.63) is 76.6 Å². The van der Waals surface area contributed by atoms with E-state index in [2.05, 4.69) is 15.3 Å². The fraction of sp³-hybridized carbons (Fsp3) is 0.167. The normalized spacial score (nSPS) is 10.7. The van der Waals surface area contributed by atoms with Gasteiger partial charge in [-0.3, -0.25) is 10.2 Å². The fourth-order valence-electron chi connectivity index (χ4n) is 3.52. The number of nitrogens with one attached hydrogen (secondary N) is 3. The number of ether oxygens (including phenoxy) is 2. The van der Waals surface area contributed by atoms with Crippen LogP contribution in [0.1, 0.15) is 10.5 Å². The van der Waals surface area contributed by atoms with E-state index in [1.807, 2.05) is 42.5 Å². The first-order chi connectivity index (χ1) is 16.0. The van der Waals surface area contributed by atoms with Crippen molar-refractivity contribution in [1.29, 1.82) is 5.41 Å². The van der Waals surface area contributed by atoms with Gasteiger partial charge in [0.2, 0.25) is 0 Å². The minimum atomic E-state index is -0.290. The summed E-state index contributed by atoms with van der Waals surface area (Å²) in [5.74, 6) is 0.778. The molecule has 0 fully saturated rings. The van der Waals surface area contributed by atoms with E-state index in [0.29, 0.717) is 39.4 Å². The Bertz CT molecular complexity index is 1430. The summed E-state index contributed by atoms with van der Waals surface area (Å²) in [6.07, 6.45) is 0.